The highest BCUT2D eigenvalue weighted by Crippen LogP contribution is 2.15. The molecule has 1 aromatic rings. The zero-order chi connectivity index (χ0) is 9.84. The number of aryl methyl sites for hydroxylation is 1. The zero-order valence-corrected chi connectivity index (χ0v) is 7.36. The molecule has 0 bridgehead atoms. The summed E-state index contributed by atoms with van der Waals surface area (Å²) in [6.07, 6.45) is 0.416. The van der Waals surface area contributed by atoms with Gasteiger partial charge in [-0.15, -0.1) is 0 Å². The first-order valence-corrected chi connectivity index (χ1v) is 4.00. The van der Waals surface area contributed by atoms with E-state index in [0.29, 0.717) is 6.42 Å². The summed E-state index contributed by atoms with van der Waals surface area (Å²) in [4.78, 5) is 9.77. The van der Waals surface area contributed by atoms with Crippen LogP contribution >= 0.6 is 0 Å². The zero-order valence-electron chi connectivity index (χ0n) is 7.36. The second kappa shape index (κ2) is 3.89. The molecule has 4 nitrogen and oxygen atoms in total. The van der Waals surface area contributed by atoms with E-state index in [1.54, 1.807) is 18.2 Å². The van der Waals surface area contributed by atoms with Crippen molar-refractivity contribution in [2.45, 2.75) is 13.3 Å². The number of rotatable bonds is 3. The molecule has 1 rings (SSSR count). The van der Waals surface area contributed by atoms with Gasteiger partial charge in [-0.25, -0.2) is 0 Å². The molecule has 0 aliphatic heterocycles. The minimum absolute atomic E-state index is 0.0639. The molecule has 0 saturated heterocycles. The molecule has 0 saturated carbocycles. The smallest absolute Gasteiger partial charge is 0.207 e. The number of phenolic OH excluding ortho intramolecular Hbond substituents is 1. The SMILES string of the molecule is Cc1cc(O)ccc1CC[N+](=O)[O-]. The van der Waals surface area contributed by atoms with Gasteiger partial charge in [0.25, 0.3) is 0 Å². The lowest BCUT2D eigenvalue weighted by atomic mass is 10.1. The van der Waals surface area contributed by atoms with E-state index in [1.807, 2.05) is 6.92 Å². The monoisotopic (exact) mass is 181 g/mol. The van der Waals surface area contributed by atoms with Crippen LogP contribution in [0.4, 0.5) is 0 Å². The molecule has 0 aliphatic rings. The molecule has 4 heteroatoms. The molecule has 1 N–H and O–H groups in total. The van der Waals surface area contributed by atoms with Crippen LogP contribution in [0, 0.1) is 17.0 Å². The van der Waals surface area contributed by atoms with Gasteiger partial charge in [0.2, 0.25) is 6.54 Å². The third-order valence-electron chi connectivity index (χ3n) is 1.89. The number of benzene rings is 1. The van der Waals surface area contributed by atoms with Crippen molar-refractivity contribution in [1.29, 1.82) is 0 Å². The molecular formula is C9H11NO3. The van der Waals surface area contributed by atoms with Crippen LogP contribution in [-0.4, -0.2) is 16.6 Å². The molecule has 0 fully saturated rings. The van der Waals surface area contributed by atoms with Gasteiger partial charge in [0.05, 0.1) is 0 Å². The standard InChI is InChI=1S/C9H11NO3/c1-7-6-9(11)3-2-8(7)4-5-10(12)13/h2-3,6,11H,4-5H2,1H3. The highest BCUT2D eigenvalue weighted by atomic mass is 16.6. The van der Waals surface area contributed by atoms with Crippen molar-refractivity contribution in [2.75, 3.05) is 6.54 Å². The van der Waals surface area contributed by atoms with Gasteiger partial charge in [0, 0.05) is 11.3 Å². The molecule has 0 radical (unpaired) electrons. The number of aromatic hydroxyl groups is 1. The minimum Gasteiger partial charge on any atom is -0.508 e. The normalized spacial score (nSPS) is 9.92. The van der Waals surface area contributed by atoms with Crippen LogP contribution in [-0.2, 0) is 6.42 Å². The Hall–Kier alpha value is -1.58. The second-order valence-electron chi connectivity index (χ2n) is 2.92. The van der Waals surface area contributed by atoms with E-state index < -0.39 is 0 Å². The van der Waals surface area contributed by atoms with E-state index in [4.69, 9.17) is 5.11 Å². The highest BCUT2D eigenvalue weighted by Gasteiger charge is 2.03. The van der Waals surface area contributed by atoms with E-state index in [1.165, 1.54) is 0 Å². The molecule has 0 heterocycles. The van der Waals surface area contributed by atoms with Crippen LogP contribution in [0.3, 0.4) is 0 Å². The molecule has 0 unspecified atom stereocenters. The summed E-state index contributed by atoms with van der Waals surface area (Å²) in [6, 6.07) is 4.87. The van der Waals surface area contributed by atoms with E-state index in [-0.39, 0.29) is 17.2 Å². The van der Waals surface area contributed by atoms with Gasteiger partial charge in [-0.2, -0.15) is 0 Å². The Morgan fingerprint density at radius 2 is 2.23 bits per heavy atom. The van der Waals surface area contributed by atoms with Crippen LogP contribution in [0.15, 0.2) is 18.2 Å². The van der Waals surface area contributed by atoms with E-state index in [9.17, 15) is 10.1 Å². The quantitative estimate of drug-likeness (QED) is 0.568. The molecule has 70 valence electrons. The lowest BCUT2D eigenvalue weighted by molar-refractivity contribution is -0.479. The molecule has 0 spiro atoms. The second-order valence-corrected chi connectivity index (χ2v) is 2.92. The Balaban J connectivity index is 2.72. The van der Waals surface area contributed by atoms with Crippen molar-refractivity contribution < 1.29 is 10.0 Å². The number of hydrogen-bond donors (Lipinski definition) is 1. The topological polar surface area (TPSA) is 63.4 Å². The van der Waals surface area contributed by atoms with Gasteiger partial charge in [0.1, 0.15) is 5.75 Å². The maximum Gasteiger partial charge on any atom is 0.207 e. The Bertz CT molecular complexity index is 323. The Morgan fingerprint density at radius 3 is 2.77 bits per heavy atom. The van der Waals surface area contributed by atoms with E-state index >= 15 is 0 Å². The van der Waals surface area contributed by atoms with Gasteiger partial charge < -0.3 is 5.11 Å². The summed E-state index contributed by atoms with van der Waals surface area (Å²) in [5, 5.41) is 19.2. The van der Waals surface area contributed by atoms with Crippen LogP contribution in [0.5, 0.6) is 5.75 Å². The molecule has 0 aromatic heterocycles. The summed E-state index contributed by atoms with van der Waals surface area (Å²) in [5.41, 5.74) is 1.80. The van der Waals surface area contributed by atoms with E-state index in [0.717, 1.165) is 11.1 Å². The summed E-state index contributed by atoms with van der Waals surface area (Å²) < 4.78 is 0. The number of phenols is 1. The highest BCUT2D eigenvalue weighted by molar-refractivity contribution is 5.33. The van der Waals surface area contributed by atoms with Gasteiger partial charge in [-0.3, -0.25) is 10.1 Å². The van der Waals surface area contributed by atoms with Crippen LogP contribution in [0.2, 0.25) is 0 Å². The van der Waals surface area contributed by atoms with Crippen molar-refractivity contribution in [3.8, 4) is 5.75 Å². The maximum atomic E-state index is 10.1. The van der Waals surface area contributed by atoms with Crippen molar-refractivity contribution in [3.63, 3.8) is 0 Å². The van der Waals surface area contributed by atoms with Crippen molar-refractivity contribution in [1.82, 2.24) is 0 Å². The fourth-order valence-corrected chi connectivity index (χ4v) is 1.17. The van der Waals surface area contributed by atoms with Crippen molar-refractivity contribution >= 4 is 0 Å². The molecule has 0 aliphatic carbocycles. The maximum absolute atomic E-state index is 10.1. The fraction of sp³-hybridized carbons (Fsp3) is 0.333. The first kappa shape index (κ1) is 9.51. The van der Waals surface area contributed by atoms with Gasteiger partial charge >= 0.3 is 0 Å². The van der Waals surface area contributed by atoms with Gasteiger partial charge in [-0.05, 0) is 30.2 Å². The number of nitro groups is 1. The first-order chi connectivity index (χ1) is 6.09. The molecule has 0 amide bonds. The van der Waals surface area contributed by atoms with Crippen molar-refractivity contribution in [2.24, 2.45) is 0 Å². The Morgan fingerprint density at radius 1 is 1.54 bits per heavy atom. The molecule has 13 heavy (non-hydrogen) atoms. The predicted molar refractivity (Wildman–Crippen MR) is 48.4 cm³/mol. The Kier molecular flexibility index (Phi) is 2.84. The average Bonchev–Trinajstić information content (AvgIpc) is 2.02. The van der Waals surface area contributed by atoms with Crippen LogP contribution in [0.1, 0.15) is 11.1 Å². The molecular weight excluding hydrogens is 170 g/mol. The number of hydrogen-bond acceptors (Lipinski definition) is 3. The summed E-state index contributed by atoms with van der Waals surface area (Å²) in [7, 11) is 0. The first-order valence-electron chi connectivity index (χ1n) is 4.00. The van der Waals surface area contributed by atoms with E-state index in [2.05, 4.69) is 0 Å². The fourth-order valence-electron chi connectivity index (χ4n) is 1.17. The van der Waals surface area contributed by atoms with Crippen LogP contribution < -0.4 is 0 Å². The average molecular weight is 181 g/mol. The third-order valence-corrected chi connectivity index (χ3v) is 1.89. The van der Waals surface area contributed by atoms with Crippen molar-refractivity contribution in [3.05, 3.63) is 39.4 Å². The van der Waals surface area contributed by atoms with Gasteiger partial charge in [-0.1, -0.05) is 6.07 Å². The predicted octanol–water partition coefficient (Wildman–Crippen LogP) is 1.52. The number of nitrogens with zero attached hydrogens (tertiary/aromatic N) is 1. The lowest BCUT2D eigenvalue weighted by Gasteiger charge is -2.02. The Labute approximate surface area is 76.0 Å². The molecule has 1 aromatic carbocycles. The minimum atomic E-state index is -0.341. The van der Waals surface area contributed by atoms with Gasteiger partial charge in [0.15, 0.2) is 0 Å². The summed E-state index contributed by atoms with van der Waals surface area (Å²) in [6.45, 7) is 1.76. The lowest BCUT2D eigenvalue weighted by Crippen LogP contribution is -2.04. The molecule has 0 atom stereocenters. The largest absolute Gasteiger partial charge is 0.508 e. The summed E-state index contributed by atoms with van der Waals surface area (Å²) >= 11 is 0. The van der Waals surface area contributed by atoms with Crippen LogP contribution in [0.25, 0.3) is 0 Å². The summed E-state index contributed by atoms with van der Waals surface area (Å²) in [5.74, 6) is 0.197. The third kappa shape index (κ3) is 2.74.